The zero-order valence-electron chi connectivity index (χ0n) is 12.4. The van der Waals surface area contributed by atoms with Gasteiger partial charge >= 0.3 is 0 Å². The standard InChI is InChI=1S/C16H22N2O/c1-6-13-14(16(3,4)5)15(19)18(17-13)12-9-7-8-11(2)10-12/h7-10,19H,6H2,1-5H3. The summed E-state index contributed by atoms with van der Waals surface area (Å²) in [5.74, 6) is 0.259. The number of nitrogens with zero attached hydrogens (tertiary/aromatic N) is 2. The minimum Gasteiger partial charge on any atom is -0.493 e. The van der Waals surface area contributed by atoms with Crippen LogP contribution in [0.15, 0.2) is 24.3 Å². The van der Waals surface area contributed by atoms with Crippen LogP contribution in [-0.4, -0.2) is 14.9 Å². The predicted molar refractivity (Wildman–Crippen MR) is 78.0 cm³/mol. The summed E-state index contributed by atoms with van der Waals surface area (Å²) in [4.78, 5) is 0. The number of hydrogen-bond donors (Lipinski definition) is 1. The molecule has 3 nitrogen and oxygen atoms in total. The molecule has 0 atom stereocenters. The average molecular weight is 258 g/mol. The quantitative estimate of drug-likeness (QED) is 0.891. The van der Waals surface area contributed by atoms with Crippen molar-refractivity contribution in [1.29, 1.82) is 0 Å². The van der Waals surface area contributed by atoms with Crippen molar-refractivity contribution in [2.75, 3.05) is 0 Å². The first-order valence-electron chi connectivity index (χ1n) is 6.73. The molecule has 2 rings (SSSR count). The van der Waals surface area contributed by atoms with Crippen molar-refractivity contribution in [2.45, 2.75) is 46.5 Å². The number of hydrogen-bond acceptors (Lipinski definition) is 2. The summed E-state index contributed by atoms with van der Waals surface area (Å²) in [6.45, 7) is 10.4. The maximum absolute atomic E-state index is 10.5. The normalized spacial score (nSPS) is 11.8. The summed E-state index contributed by atoms with van der Waals surface area (Å²) >= 11 is 0. The van der Waals surface area contributed by atoms with Gasteiger partial charge in [0, 0.05) is 5.56 Å². The van der Waals surface area contributed by atoms with Gasteiger partial charge in [0.1, 0.15) is 0 Å². The van der Waals surface area contributed by atoms with E-state index < -0.39 is 0 Å². The van der Waals surface area contributed by atoms with Gasteiger partial charge in [-0.05, 0) is 36.5 Å². The monoisotopic (exact) mass is 258 g/mol. The van der Waals surface area contributed by atoms with E-state index in [-0.39, 0.29) is 11.3 Å². The summed E-state index contributed by atoms with van der Waals surface area (Å²) in [6, 6.07) is 8.01. The van der Waals surface area contributed by atoms with Crippen molar-refractivity contribution in [1.82, 2.24) is 9.78 Å². The number of aryl methyl sites for hydroxylation is 2. The molecule has 0 radical (unpaired) electrons. The van der Waals surface area contributed by atoms with Crippen LogP contribution in [-0.2, 0) is 11.8 Å². The molecule has 0 aliphatic carbocycles. The SMILES string of the molecule is CCc1nn(-c2cccc(C)c2)c(O)c1C(C)(C)C. The minimum atomic E-state index is -0.114. The zero-order chi connectivity index (χ0) is 14.2. The van der Waals surface area contributed by atoms with Gasteiger partial charge in [-0.15, -0.1) is 0 Å². The highest BCUT2D eigenvalue weighted by Gasteiger charge is 2.27. The van der Waals surface area contributed by atoms with Gasteiger partial charge in [0.15, 0.2) is 0 Å². The second kappa shape index (κ2) is 4.72. The van der Waals surface area contributed by atoms with Crippen molar-refractivity contribution in [2.24, 2.45) is 0 Å². The van der Waals surface area contributed by atoms with Crippen LogP contribution < -0.4 is 0 Å². The predicted octanol–water partition coefficient (Wildman–Crippen LogP) is 3.75. The number of aromatic nitrogens is 2. The van der Waals surface area contributed by atoms with Crippen LogP contribution in [0.25, 0.3) is 5.69 Å². The van der Waals surface area contributed by atoms with E-state index in [1.54, 1.807) is 4.68 Å². The number of benzene rings is 1. The van der Waals surface area contributed by atoms with E-state index in [0.29, 0.717) is 0 Å². The van der Waals surface area contributed by atoms with Gasteiger partial charge in [0.05, 0.1) is 11.4 Å². The molecule has 0 spiro atoms. The first-order chi connectivity index (χ1) is 8.84. The van der Waals surface area contributed by atoms with Crippen molar-refractivity contribution in [3.05, 3.63) is 41.1 Å². The smallest absolute Gasteiger partial charge is 0.218 e. The van der Waals surface area contributed by atoms with Crippen LogP contribution in [0, 0.1) is 6.92 Å². The molecule has 0 unspecified atom stereocenters. The van der Waals surface area contributed by atoms with Gasteiger partial charge in [-0.2, -0.15) is 5.10 Å². The molecule has 102 valence electrons. The zero-order valence-corrected chi connectivity index (χ0v) is 12.4. The molecule has 1 N–H and O–H groups in total. The first-order valence-corrected chi connectivity index (χ1v) is 6.73. The Hall–Kier alpha value is -1.77. The molecule has 1 aromatic heterocycles. The highest BCUT2D eigenvalue weighted by Crippen LogP contribution is 2.35. The van der Waals surface area contributed by atoms with Crippen molar-refractivity contribution in [3.8, 4) is 11.6 Å². The fraction of sp³-hybridized carbons (Fsp3) is 0.438. The van der Waals surface area contributed by atoms with Crippen molar-refractivity contribution < 1.29 is 5.11 Å². The summed E-state index contributed by atoms with van der Waals surface area (Å²) in [6.07, 6.45) is 0.818. The molecular weight excluding hydrogens is 236 g/mol. The Bertz CT molecular complexity index is 591. The van der Waals surface area contributed by atoms with E-state index in [1.165, 1.54) is 0 Å². The van der Waals surface area contributed by atoms with Crippen molar-refractivity contribution >= 4 is 0 Å². The number of rotatable bonds is 2. The molecule has 0 saturated heterocycles. The van der Waals surface area contributed by atoms with Gasteiger partial charge in [-0.3, -0.25) is 0 Å². The summed E-state index contributed by atoms with van der Waals surface area (Å²) < 4.78 is 1.65. The molecule has 2 aromatic rings. The molecule has 0 amide bonds. The lowest BCUT2D eigenvalue weighted by Crippen LogP contribution is -2.12. The molecule has 1 heterocycles. The summed E-state index contributed by atoms with van der Waals surface area (Å²) in [5.41, 5.74) is 3.85. The Labute approximate surface area is 114 Å². The second-order valence-corrected chi connectivity index (χ2v) is 6.00. The van der Waals surface area contributed by atoms with Crippen molar-refractivity contribution in [3.63, 3.8) is 0 Å². The highest BCUT2D eigenvalue weighted by molar-refractivity contribution is 5.44. The third-order valence-electron chi connectivity index (χ3n) is 3.26. The van der Waals surface area contributed by atoms with Crippen LogP contribution in [0.2, 0.25) is 0 Å². The maximum Gasteiger partial charge on any atom is 0.218 e. The molecule has 0 saturated carbocycles. The third-order valence-corrected chi connectivity index (χ3v) is 3.26. The van der Waals surface area contributed by atoms with E-state index >= 15 is 0 Å². The molecule has 0 aliphatic rings. The maximum atomic E-state index is 10.5. The molecule has 3 heteroatoms. The fourth-order valence-electron chi connectivity index (χ4n) is 2.41. The van der Waals surface area contributed by atoms with E-state index in [4.69, 9.17) is 0 Å². The number of aromatic hydroxyl groups is 1. The lowest BCUT2D eigenvalue weighted by molar-refractivity contribution is 0.413. The molecule has 0 bridgehead atoms. The Kier molecular flexibility index (Phi) is 3.40. The molecule has 19 heavy (non-hydrogen) atoms. The second-order valence-electron chi connectivity index (χ2n) is 6.00. The highest BCUT2D eigenvalue weighted by atomic mass is 16.3. The Morgan fingerprint density at radius 2 is 1.95 bits per heavy atom. The fourth-order valence-corrected chi connectivity index (χ4v) is 2.41. The minimum absolute atomic E-state index is 0.114. The Morgan fingerprint density at radius 3 is 2.42 bits per heavy atom. The summed E-state index contributed by atoms with van der Waals surface area (Å²) in [5, 5.41) is 15.1. The van der Waals surface area contributed by atoms with Crippen LogP contribution in [0.5, 0.6) is 5.88 Å². The van der Waals surface area contributed by atoms with Gasteiger partial charge < -0.3 is 5.11 Å². The van der Waals surface area contributed by atoms with E-state index in [9.17, 15) is 5.11 Å². The topological polar surface area (TPSA) is 38.0 Å². The van der Waals surface area contributed by atoms with E-state index in [1.807, 2.05) is 31.2 Å². The average Bonchev–Trinajstić information content (AvgIpc) is 2.66. The van der Waals surface area contributed by atoms with Gasteiger partial charge in [0.25, 0.3) is 0 Å². The van der Waals surface area contributed by atoms with Gasteiger partial charge in [0.2, 0.25) is 5.88 Å². The van der Waals surface area contributed by atoms with E-state index in [2.05, 4.69) is 32.8 Å². The Morgan fingerprint density at radius 1 is 1.26 bits per heavy atom. The van der Waals surface area contributed by atoms with Crippen LogP contribution in [0.4, 0.5) is 0 Å². The van der Waals surface area contributed by atoms with Crippen LogP contribution >= 0.6 is 0 Å². The molecule has 1 aromatic carbocycles. The van der Waals surface area contributed by atoms with Crippen LogP contribution in [0.1, 0.15) is 44.5 Å². The molecule has 0 fully saturated rings. The lowest BCUT2D eigenvalue weighted by atomic mass is 9.86. The molecular formula is C16H22N2O. The van der Waals surface area contributed by atoms with E-state index in [0.717, 1.165) is 28.9 Å². The van der Waals surface area contributed by atoms with Gasteiger partial charge in [-0.1, -0.05) is 39.8 Å². The molecule has 0 aliphatic heterocycles. The Balaban J connectivity index is 2.64. The largest absolute Gasteiger partial charge is 0.493 e. The lowest BCUT2D eigenvalue weighted by Gasteiger charge is -2.18. The van der Waals surface area contributed by atoms with Crippen LogP contribution in [0.3, 0.4) is 0 Å². The van der Waals surface area contributed by atoms with Gasteiger partial charge in [-0.25, -0.2) is 4.68 Å². The summed E-state index contributed by atoms with van der Waals surface area (Å²) in [7, 11) is 0. The third kappa shape index (κ3) is 2.50. The first kappa shape index (κ1) is 13.7.